The molecule has 0 radical (unpaired) electrons. The Bertz CT molecular complexity index is 164. The molecule has 1 atom stereocenters. The molecule has 3 nitrogen and oxygen atoms in total. The summed E-state index contributed by atoms with van der Waals surface area (Å²) in [6.07, 6.45) is 1.24. The predicted octanol–water partition coefficient (Wildman–Crippen LogP) is 2.39. The van der Waals surface area contributed by atoms with Crippen LogP contribution in [0.2, 0.25) is 0 Å². The van der Waals surface area contributed by atoms with Gasteiger partial charge >= 0.3 is 5.97 Å². The number of rotatable bonds is 6. The maximum absolute atomic E-state index is 11.5. The highest BCUT2D eigenvalue weighted by atomic mass is 16.6. The van der Waals surface area contributed by atoms with Crippen LogP contribution < -0.4 is 0 Å². The van der Waals surface area contributed by atoms with Crippen molar-refractivity contribution in [2.75, 3.05) is 7.11 Å². The molecule has 0 fully saturated rings. The van der Waals surface area contributed by atoms with Gasteiger partial charge < -0.3 is 9.47 Å². The largest absolute Gasteiger partial charge is 0.461 e. The topological polar surface area (TPSA) is 35.5 Å². The molecule has 3 heteroatoms. The zero-order chi connectivity index (χ0) is 11.1. The molecule has 0 rings (SSSR count). The van der Waals surface area contributed by atoms with Gasteiger partial charge in [-0.05, 0) is 32.6 Å². The molecule has 0 aromatic carbocycles. The third-order valence-electron chi connectivity index (χ3n) is 1.91. The fourth-order valence-electron chi connectivity index (χ4n) is 1.12. The van der Waals surface area contributed by atoms with Crippen LogP contribution in [0.3, 0.4) is 0 Å². The van der Waals surface area contributed by atoms with Crippen molar-refractivity contribution >= 4 is 5.97 Å². The lowest BCUT2D eigenvalue weighted by Gasteiger charge is -2.17. The van der Waals surface area contributed by atoms with Gasteiger partial charge in [-0.25, -0.2) is 4.79 Å². The summed E-state index contributed by atoms with van der Waals surface area (Å²) in [4.78, 5) is 11.5. The van der Waals surface area contributed by atoms with E-state index in [1.807, 2.05) is 13.8 Å². The lowest BCUT2D eigenvalue weighted by atomic mass is 10.1. The van der Waals surface area contributed by atoms with Gasteiger partial charge in [-0.3, -0.25) is 0 Å². The smallest absolute Gasteiger partial charge is 0.335 e. The number of ether oxygens (including phenoxy) is 2. The maximum Gasteiger partial charge on any atom is 0.335 e. The second-order valence-corrected chi connectivity index (χ2v) is 4.18. The van der Waals surface area contributed by atoms with Crippen molar-refractivity contribution in [2.45, 2.75) is 52.7 Å². The quantitative estimate of drug-likeness (QED) is 0.620. The van der Waals surface area contributed by atoms with E-state index in [1.165, 1.54) is 0 Å². The molecule has 0 saturated carbocycles. The predicted molar refractivity (Wildman–Crippen MR) is 56.1 cm³/mol. The van der Waals surface area contributed by atoms with Crippen molar-refractivity contribution in [2.24, 2.45) is 5.92 Å². The Labute approximate surface area is 86.8 Å². The van der Waals surface area contributed by atoms with Crippen LogP contribution in [0.1, 0.15) is 40.5 Å². The average molecular weight is 202 g/mol. The molecule has 0 saturated heterocycles. The molecular formula is C11H22O3. The standard InChI is InChI=1S/C11H22O3/c1-8(2)6-7-10(13-5)11(12)14-9(3)4/h8-10H,6-7H2,1-5H3/t10-/m0/s1. The summed E-state index contributed by atoms with van der Waals surface area (Å²) in [6, 6.07) is 0. The first kappa shape index (κ1) is 13.4. The van der Waals surface area contributed by atoms with Crippen LogP contribution in [0.15, 0.2) is 0 Å². The fourth-order valence-corrected chi connectivity index (χ4v) is 1.12. The molecule has 0 unspecified atom stereocenters. The Morgan fingerprint density at radius 2 is 1.71 bits per heavy atom. The molecule has 0 spiro atoms. The minimum atomic E-state index is -0.403. The number of methoxy groups -OCH3 is 1. The second-order valence-electron chi connectivity index (χ2n) is 4.18. The molecule has 0 aliphatic rings. The van der Waals surface area contributed by atoms with Crippen LogP contribution in [-0.2, 0) is 14.3 Å². The van der Waals surface area contributed by atoms with Gasteiger partial charge in [-0.1, -0.05) is 13.8 Å². The Balaban J connectivity index is 3.93. The summed E-state index contributed by atoms with van der Waals surface area (Å²) in [5.41, 5.74) is 0. The van der Waals surface area contributed by atoms with E-state index in [0.29, 0.717) is 5.92 Å². The molecule has 0 aromatic rings. The van der Waals surface area contributed by atoms with Gasteiger partial charge in [-0.15, -0.1) is 0 Å². The van der Waals surface area contributed by atoms with Crippen molar-refractivity contribution in [3.05, 3.63) is 0 Å². The highest BCUT2D eigenvalue weighted by molar-refractivity contribution is 5.74. The van der Waals surface area contributed by atoms with Crippen molar-refractivity contribution < 1.29 is 14.3 Å². The molecule has 84 valence electrons. The number of hydrogen-bond acceptors (Lipinski definition) is 3. The van der Waals surface area contributed by atoms with E-state index >= 15 is 0 Å². The Kier molecular flexibility index (Phi) is 6.54. The minimum absolute atomic E-state index is 0.0702. The van der Waals surface area contributed by atoms with Gasteiger partial charge in [0.1, 0.15) is 0 Å². The molecular weight excluding hydrogens is 180 g/mol. The Morgan fingerprint density at radius 3 is 2.07 bits per heavy atom. The van der Waals surface area contributed by atoms with Crippen LogP contribution in [0.5, 0.6) is 0 Å². The average Bonchev–Trinajstić information content (AvgIpc) is 2.03. The first-order valence-electron chi connectivity index (χ1n) is 5.20. The van der Waals surface area contributed by atoms with E-state index in [4.69, 9.17) is 9.47 Å². The highest BCUT2D eigenvalue weighted by Gasteiger charge is 2.20. The first-order chi connectivity index (χ1) is 6.47. The van der Waals surface area contributed by atoms with Gasteiger partial charge in [0.05, 0.1) is 6.10 Å². The van der Waals surface area contributed by atoms with Gasteiger partial charge in [0.15, 0.2) is 6.10 Å². The number of carbonyl (C=O) groups is 1. The Hall–Kier alpha value is -0.570. The van der Waals surface area contributed by atoms with Crippen LogP contribution in [0, 0.1) is 5.92 Å². The summed E-state index contributed by atoms with van der Waals surface area (Å²) in [7, 11) is 1.55. The monoisotopic (exact) mass is 202 g/mol. The van der Waals surface area contributed by atoms with Gasteiger partial charge in [-0.2, -0.15) is 0 Å². The van der Waals surface area contributed by atoms with E-state index in [9.17, 15) is 4.79 Å². The molecule has 14 heavy (non-hydrogen) atoms. The number of esters is 1. The minimum Gasteiger partial charge on any atom is -0.461 e. The molecule has 0 aliphatic heterocycles. The summed E-state index contributed by atoms with van der Waals surface area (Å²) in [5.74, 6) is 0.336. The number of hydrogen-bond donors (Lipinski definition) is 0. The molecule has 0 aromatic heterocycles. The van der Waals surface area contributed by atoms with Crippen LogP contribution in [0.4, 0.5) is 0 Å². The Morgan fingerprint density at radius 1 is 1.14 bits per heavy atom. The van der Waals surface area contributed by atoms with Crippen LogP contribution >= 0.6 is 0 Å². The van der Waals surface area contributed by atoms with Gasteiger partial charge in [0.25, 0.3) is 0 Å². The summed E-state index contributed by atoms with van der Waals surface area (Å²) >= 11 is 0. The second kappa shape index (κ2) is 6.82. The van der Waals surface area contributed by atoms with Gasteiger partial charge in [0, 0.05) is 7.11 Å². The normalized spacial score (nSPS) is 13.4. The molecule has 0 bridgehead atoms. The number of carbonyl (C=O) groups excluding carboxylic acids is 1. The van der Waals surface area contributed by atoms with Crippen molar-refractivity contribution in [1.82, 2.24) is 0 Å². The van der Waals surface area contributed by atoms with E-state index in [2.05, 4.69) is 13.8 Å². The van der Waals surface area contributed by atoms with E-state index in [0.717, 1.165) is 12.8 Å². The lowest BCUT2D eigenvalue weighted by molar-refractivity contribution is -0.159. The lowest BCUT2D eigenvalue weighted by Crippen LogP contribution is -2.28. The third-order valence-corrected chi connectivity index (χ3v) is 1.91. The summed E-state index contributed by atoms with van der Waals surface area (Å²) in [5, 5.41) is 0. The maximum atomic E-state index is 11.5. The molecule has 0 aliphatic carbocycles. The van der Waals surface area contributed by atoms with Crippen molar-refractivity contribution in [3.63, 3.8) is 0 Å². The van der Waals surface area contributed by atoms with E-state index in [1.54, 1.807) is 7.11 Å². The first-order valence-corrected chi connectivity index (χ1v) is 5.20. The zero-order valence-electron chi connectivity index (χ0n) is 9.87. The summed E-state index contributed by atoms with van der Waals surface area (Å²) < 4.78 is 10.2. The zero-order valence-corrected chi connectivity index (χ0v) is 9.87. The SMILES string of the molecule is CO[C@@H](CCC(C)C)C(=O)OC(C)C. The van der Waals surface area contributed by atoms with Crippen molar-refractivity contribution in [3.8, 4) is 0 Å². The fraction of sp³-hybridized carbons (Fsp3) is 0.909. The molecule has 0 heterocycles. The summed E-state index contributed by atoms with van der Waals surface area (Å²) in [6.45, 7) is 7.93. The van der Waals surface area contributed by atoms with E-state index < -0.39 is 6.10 Å². The van der Waals surface area contributed by atoms with Crippen LogP contribution in [0.25, 0.3) is 0 Å². The molecule has 0 N–H and O–H groups in total. The van der Waals surface area contributed by atoms with Gasteiger partial charge in [0.2, 0.25) is 0 Å². The van der Waals surface area contributed by atoms with Crippen molar-refractivity contribution in [1.29, 1.82) is 0 Å². The highest BCUT2D eigenvalue weighted by Crippen LogP contribution is 2.11. The van der Waals surface area contributed by atoms with Crippen LogP contribution in [-0.4, -0.2) is 25.3 Å². The van der Waals surface area contributed by atoms with E-state index in [-0.39, 0.29) is 12.1 Å². The molecule has 0 amide bonds. The third kappa shape index (κ3) is 5.97.